The van der Waals surface area contributed by atoms with Crippen LogP contribution < -0.4 is 4.74 Å². The molecule has 0 N–H and O–H groups in total. The van der Waals surface area contributed by atoms with Gasteiger partial charge in [0.1, 0.15) is 11.9 Å². The van der Waals surface area contributed by atoms with Gasteiger partial charge in [-0.1, -0.05) is 53.5 Å². The molecule has 0 radical (unpaired) electrons. The normalized spacial score (nSPS) is 12.0. The molecule has 2 aromatic carbocycles. The summed E-state index contributed by atoms with van der Waals surface area (Å²) in [6.07, 6.45) is 2.71. The Hall–Kier alpha value is -2.30. The number of rotatable bonds is 5. The van der Waals surface area contributed by atoms with Crippen molar-refractivity contribution in [3.63, 3.8) is 0 Å². The van der Waals surface area contributed by atoms with Gasteiger partial charge in [-0.3, -0.25) is 9.59 Å². The molecule has 0 saturated carbocycles. The zero-order valence-corrected chi connectivity index (χ0v) is 15.2. The Labute approximate surface area is 156 Å². The molecule has 0 fully saturated rings. The summed E-state index contributed by atoms with van der Waals surface area (Å²) in [4.78, 5) is 22.8. The molecular weight excluding hydrogens is 363 g/mol. The fourth-order valence-corrected chi connectivity index (χ4v) is 2.47. The topological polar surface area (TPSA) is 52.6 Å². The lowest BCUT2D eigenvalue weighted by Gasteiger charge is -2.16. The minimum Gasteiger partial charge on any atom is -0.453 e. The first kappa shape index (κ1) is 19.0. The second-order valence-electron chi connectivity index (χ2n) is 5.19. The van der Waals surface area contributed by atoms with Crippen LogP contribution in [0.5, 0.6) is 5.75 Å². The number of benzene rings is 2. The van der Waals surface area contributed by atoms with Crippen molar-refractivity contribution in [2.75, 3.05) is 0 Å². The molecule has 0 aromatic heterocycles. The second kappa shape index (κ2) is 8.70. The standard InChI is InChI=1S/C19H16Cl2O4/c1-12(22)24-18-6-4-3-5-15(18)19(25-13(2)23)10-8-14-7-9-16(20)17(21)11-14/h3-11,19H,1-2H3/b10-8+. The van der Waals surface area contributed by atoms with Crippen molar-refractivity contribution in [1.82, 2.24) is 0 Å². The third-order valence-corrected chi connectivity index (χ3v) is 3.92. The lowest BCUT2D eigenvalue weighted by molar-refractivity contribution is -0.144. The fraction of sp³-hybridized carbons (Fsp3) is 0.158. The zero-order chi connectivity index (χ0) is 18.4. The van der Waals surface area contributed by atoms with E-state index < -0.39 is 18.0 Å². The van der Waals surface area contributed by atoms with Gasteiger partial charge in [0.05, 0.1) is 10.0 Å². The largest absolute Gasteiger partial charge is 0.453 e. The Morgan fingerprint density at radius 1 is 1.00 bits per heavy atom. The molecule has 0 bridgehead atoms. The van der Waals surface area contributed by atoms with E-state index in [1.165, 1.54) is 13.8 Å². The first-order valence-corrected chi connectivity index (χ1v) is 8.20. The van der Waals surface area contributed by atoms with Crippen LogP contribution in [0.15, 0.2) is 48.5 Å². The third-order valence-electron chi connectivity index (χ3n) is 3.18. The van der Waals surface area contributed by atoms with Crippen molar-refractivity contribution in [3.8, 4) is 5.75 Å². The molecule has 1 atom stereocenters. The van der Waals surface area contributed by atoms with Crippen LogP contribution in [-0.4, -0.2) is 11.9 Å². The molecule has 0 spiro atoms. The number of carbonyl (C=O) groups is 2. The zero-order valence-electron chi connectivity index (χ0n) is 13.7. The number of carbonyl (C=O) groups excluding carboxylic acids is 2. The van der Waals surface area contributed by atoms with Gasteiger partial charge >= 0.3 is 11.9 Å². The molecule has 2 aromatic rings. The fourth-order valence-electron chi connectivity index (χ4n) is 2.16. The van der Waals surface area contributed by atoms with E-state index in [1.54, 1.807) is 54.6 Å². The predicted octanol–water partition coefficient (Wildman–Crippen LogP) is 5.24. The Morgan fingerprint density at radius 3 is 2.36 bits per heavy atom. The van der Waals surface area contributed by atoms with Crippen LogP contribution in [0.2, 0.25) is 10.0 Å². The van der Waals surface area contributed by atoms with Gasteiger partial charge in [0.2, 0.25) is 0 Å². The van der Waals surface area contributed by atoms with E-state index in [2.05, 4.69) is 0 Å². The molecule has 0 aliphatic heterocycles. The Kier molecular flexibility index (Phi) is 6.62. The number of esters is 2. The Bertz CT molecular complexity index is 815. The van der Waals surface area contributed by atoms with E-state index >= 15 is 0 Å². The Morgan fingerprint density at radius 2 is 1.72 bits per heavy atom. The van der Waals surface area contributed by atoms with Gasteiger partial charge < -0.3 is 9.47 Å². The number of ether oxygens (including phenoxy) is 2. The minimum atomic E-state index is -0.720. The highest BCUT2D eigenvalue weighted by atomic mass is 35.5. The number of hydrogen-bond acceptors (Lipinski definition) is 4. The lowest BCUT2D eigenvalue weighted by Crippen LogP contribution is -2.10. The summed E-state index contributed by atoms with van der Waals surface area (Å²) in [5.41, 5.74) is 1.35. The quantitative estimate of drug-likeness (QED) is 0.527. The van der Waals surface area contributed by atoms with Gasteiger partial charge in [0, 0.05) is 19.4 Å². The van der Waals surface area contributed by atoms with Crippen molar-refractivity contribution < 1.29 is 19.1 Å². The molecule has 0 heterocycles. The van der Waals surface area contributed by atoms with Crippen molar-refractivity contribution in [1.29, 1.82) is 0 Å². The summed E-state index contributed by atoms with van der Waals surface area (Å²) >= 11 is 11.9. The summed E-state index contributed by atoms with van der Waals surface area (Å²) in [6, 6.07) is 12.0. The van der Waals surface area contributed by atoms with Gasteiger partial charge in [-0.2, -0.15) is 0 Å². The molecular formula is C19H16Cl2O4. The average molecular weight is 379 g/mol. The molecule has 1 unspecified atom stereocenters. The molecule has 2 rings (SSSR count). The van der Waals surface area contributed by atoms with Crippen molar-refractivity contribution >= 4 is 41.2 Å². The van der Waals surface area contributed by atoms with E-state index in [1.807, 2.05) is 0 Å². The van der Waals surface area contributed by atoms with Gasteiger partial charge in [0.25, 0.3) is 0 Å². The van der Waals surface area contributed by atoms with Gasteiger partial charge in [-0.05, 0) is 29.8 Å². The van der Waals surface area contributed by atoms with Crippen molar-refractivity contribution in [3.05, 3.63) is 69.7 Å². The van der Waals surface area contributed by atoms with Gasteiger partial charge in [-0.25, -0.2) is 0 Å². The van der Waals surface area contributed by atoms with Crippen LogP contribution >= 0.6 is 23.2 Å². The number of halogens is 2. The summed E-state index contributed by atoms with van der Waals surface area (Å²) in [7, 11) is 0. The molecule has 130 valence electrons. The molecule has 0 aliphatic rings. The SMILES string of the molecule is CC(=O)Oc1ccccc1C(/C=C/c1ccc(Cl)c(Cl)c1)OC(C)=O. The smallest absolute Gasteiger partial charge is 0.308 e. The Balaban J connectivity index is 2.36. The summed E-state index contributed by atoms with van der Waals surface area (Å²) in [5, 5.41) is 0.878. The lowest BCUT2D eigenvalue weighted by atomic mass is 10.1. The van der Waals surface area contributed by atoms with E-state index in [0.717, 1.165) is 5.56 Å². The molecule has 4 nitrogen and oxygen atoms in total. The van der Waals surface area contributed by atoms with Crippen LogP contribution in [0.1, 0.15) is 31.1 Å². The van der Waals surface area contributed by atoms with Crippen molar-refractivity contribution in [2.45, 2.75) is 20.0 Å². The minimum absolute atomic E-state index is 0.333. The van der Waals surface area contributed by atoms with Gasteiger partial charge in [0.15, 0.2) is 0 Å². The van der Waals surface area contributed by atoms with Crippen molar-refractivity contribution in [2.24, 2.45) is 0 Å². The first-order chi connectivity index (χ1) is 11.9. The number of para-hydroxylation sites is 1. The monoisotopic (exact) mass is 378 g/mol. The summed E-state index contributed by atoms with van der Waals surface area (Å²) < 4.78 is 10.6. The maximum atomic E-state index is 11.5. The maximum absolute atomic E-state index is 11.5. The van der Waals surface area contributed by atoms with E-state index in [9.17, 15) is 9.59 Å². The highest BCUT2D eigenvalue weighted by molar-refractivity contribution is 6.42. The number of hydrogen-bond donors (Lipinski definition) is 0. The molecule has 0 amide bonds. The van der Waals surface area contributed by atoms with Crippen LogP contribution in [0, 0.1) is 0 Å². The molecule has 0 aliphatic carbocycles. The van der Waals surface area contributed by atoms with Crippen LogP contribution in [0.25, 0.3) is 6.08 Å². The highest BCUT2D eigenvalue weighted by Crippen LogP contribution is 2.30. The molecule has 6 heteroatoms. The predicted molar refractivity (Wildman–Crippen MR) is 97.8 cm³/mol. The van der Waals surface area contributed by atoms with E-state index in [4.69, 9.17) is 32.7 Å². The maximum Gasteiger partial charge on any atom is 0.308 e. The highest BCUT2D eigenvalue weighted by Gasteiger charge is 2.17. The van der Waals surface area contributed by atoms with Crippen LogP contribution in [0.3, 0.4) is 0 Å². The summed E-state index contributed by atoms with van der Waals surface area (Å²) in [5.74, 6) is -0.580. The van der Waals surface area contributed by atoms with Crippen LogP contribution in [-0.2, 0) is 14.3 Å². The molecule has 25 heavy (non-hydrogen) atoms. The average Bonchev–Trinajstić information content (AvgIpc) is 2.54. The second-order valence-corrected chi connectivity index (χ2v) is 6.01. The summed E-state index contributed by atoms with van der Waals surface area (Å²) in [6.45, 7) is 2.62. The molecule has 0 saturated heterocycles. The van der Waals surface area contributed by atoms with E-state index in [-0.39, 0.29) is 0 Å². The van der Waals surface area contributed by atoms with Gasteiger partial charge in [-0.15, -0.1) is 0 Å². The van der Waals surface area contributed by atoms with E-state index in [0.29, 0.717) is 21.4 Å². The van der Waals surface area contributed by atoms with Crippen LogP contribution in [0.4, 0.5) is 0 Å². The third kappa shape index (κ3) is 5.62. The first-order valence-electron chi connectivity index (χ1n) is 7.44.